The molecule has 0 bridgehead atoms. The normalized spacial score (nSPS) is 12.6. The molecule has 0 aromatic carbocycles. The molecule has 5 heteroatoms. The van der Waals surface area contributed by atoms with Crippen molar-refractivity contribution in [2.24, 2.45) is 10.4 Å². The Morgan fingerprint density at radius 3 is 2.43 bits per heavy atom. The van der Waals surface area contributed by atoms with Crippen LogP contribution in [0.5, 0.6) is 0 Å². The maximum atomic E-state index is 5.38. The Bertz CT molecular complexity index is 436. The Labute approximate surface area is 128 Å². The van der Waals surface area contributed by atoms with E-state index in [-0.39, 0.29) is 0 Å². The maximum absolute atomic E-state index is 5.38. The summed E-state index contributed by atoms with van der Waals surface area (Å²) in [7, 11) is 1.79. The van der Waals surface area contributed by atoms with Crippen molar-refractivity contribution in [2.75, 3.05) is 13.6 Å². The van der Waals surface area contributed by atoms with Crippen LogP contribution in [0.1, 0.15) is 58.1 Å². The van der Waals surface area contributed by atoms with Crippen LogP contribution in [0, 0.1) is 5.41 Å². The van der Waals surface area contributed by atoms with Gasteiger partial charge in [0.05, 0.1) is 5.69 Å². The van der Waals surface area contributed by atoms with Gasteiger partial charge in [-0.2, -0.15) is 0 Å². The number of nitrogens with zero attached hydrogens (tertiary/aromatic N) is 2. The molecule has 0 aliphatic carbocycles. The molecule has 0 saturated carbocycles. The van der Waals surface area contributed by atoms with Crippen LogP contribution >= 0.6 is 0 Å². The third kappa shape index (κ3) is 5.78. The molecule has 0 aliphatic heterocycles. The van der Waals surface area contributed by atoms with Gasteiger partial charge in [0.15, 0.2) is 5.96 Å². The average Bonchev–Trinajstić information content (AvgIpc) is 2.83. The molecule has 1 aromatic heterocycles. The molecule has 0 radical (unpaired) electrons. The van der Waals surface area contributed by atoms with Gasteiger partial charge in [0, 0.05) is 32.1 Å². The fourth-order valence-corrected chi connectivity index (χ4v) is 2.09. The monoisotopic (exact) mass is 294 g/mol. The number of guanidine groups is 1. The number of aryl methyl sites for hydroxylation is 2. The minimum atomic E-state index is 0.324. The van der Waals surface area contributed by atoms with E-state index in [4.69, 9.17) is 4.52 Å². The summed E-state index contributed by atoms with van der Waals surface area (Å²) in [6.45, 7) is 12.5. The third-order valence-corrected chi connectivity index (χ3v) is 3.43. The number of hydrogen-bond donors (Lipinski definition) is 2. The van der Waals surface area contributed by atoms with Crippen molar-refractivity contribution in [3.8, 4) is 0 Å². The summed E-state index contributed by atoms with van der Waals surface area (Å²) in [6.07, 6.45) is 2.85. The van der Waals surface area contributed by atoms with Crippen LogP contribution < -0.4 is 10.6 Å². The molecule has 0 saturated heterocycles. The van der Waals surface area contributed by atoms with Gasteiger partial charge in [-0.1, -0.05) is 39.8 Å². The Balaban J connectivity index is 2.54. The number of aromatic nitrogens is 1. The second kappa shape index (κ2) is 8.05. The fourth-order valence-electron chi connectivity index (χ4n) is 2.09. The van der Waals surface area contributed by atoms with Crippen molar-refractivity contribution >= 4 is 5.96 Å². The lowest BCUT2D eigenvalue weighted by atomic mass is 9.92. The van der Waals surface area contributed by atoms with Gasteiger partial charge in [0.25, 0.3) is 0 Å². The summed E-state index contributed by atoms with van der Waals surface area (Å²) >= 11 is 0. The lowest BCUT2D eigenvalue weighted by Crippen LogP contribution is -2.38. The lowest BCUT2D eigenvalue weighted by Gasteiger charge is -2.19. The molecule has 1 rings (SSSR count). The molecule has 5 nitrogen and oxygen atoms in total. The molecule has 0 unspecified atom stereocenters. The smallest absolute Gasteiger partial charge is 0.191 e. The highest BCUT2D eigenvalue weighted by molar-refractivity contribution is 5.79. The van der Waals surface area contributed by atoms with Gasteiger partial charge in [0.2, 0.25) is 0 Å². The van der Waals surface area contributed by atoms with Crippen molar-refractivity contribution in [3.63, 3.8) is 0 Å². The van der Waals surface area contributed by atoms with Gasteiger partial charge in [-0.15, -0.1) is 0 Å². The minimum Gasteiger partial charge on any atom is -0.361 e. The van der Waals surface area contributed by atoms with Crippen LogP contribution in [0.3, 0.4) is 0 Å². The predicted molar refractivity (Wildman–Crippen MR) is 87.5 cm³/mol. The number of rotatable bonds is 6. The van der Waals surface area contributed by atoms with E-state index < -0.39 is 0 Å². The average molecular weight is 294 g/mol. The highest BCUT2D eigenvalue weighted by Gasteiger charge is 2.14. The Kier molecular flexibility index (Phi) is 6.72. The van der Waals surface area contributed by atoms with Gasteiger partial charge >= 0.3 is 0 Å². The van der Waals surface area contributed by atoms with E-state index in [0.717, 1.165) is 43.2 Å². The number of aliphatic imine (C=N–C) groups is 1. The zero-order valence-corrected chi connectivity index (χ0v) is 14.3. The molecule has 120 valence electrons. The quantitative estimate of drug-likeness (QED) is 0.625. The van der Waals surface area contributed by atoms with Gasteiger partial charge in [-0.3, -0.25) is 4.99 Å². The van der Waals surface area contributed by atoms with Gasteiger partial charge in [-0.05, 0) is 18.3 Å². The van der Waals surface area contributed by atoms with Crippen molar-refractivity contribution in [2.45, 2.75) is 60.4 Å². The standard InChI is InChI=1S/C16H30N4O/c1-7-13-12(14(8-2)21-20-13)11-19-15(17-6)18-10-9-16(3,4)5/h7-11H2,1-6H3,(H2,17,18,19). The first-order valence-electron chi connectivity index (χ1n) is 7.82. The molecular formula is C16H30N4O. The summed E-state index contributed by atoms with van der Waals surface area (Å²) in [5.74, 6) is 1.79. The molecule has 0 amide bonds. The van der Waals surface area contributed by atoms with E-state index in [0.29, 0.717) is 12.0 Å². The van der Waals surface area contributed by atoms with Crippen LogP contribution in [0.2, 0.25) is 0 Å². The topological polar surface area (TPSA) is 62.5 Å². The SMILES string of the molecule is CCc1noc(CC)c1CNC(=NC)NCCC(C)(C)C. The molecule has 0 fully saturated rings. The first-order valence-corrected chi connectivity index (χ1v) is 7.82. The zero-order chi connectivity index (χ0) is 15.9. The number of hydrogen-bond acceptors (Lipinski definition) is 3. The Morgan fingerprint density at radius 1 is 1.19 bits per heavy atom. The van der Waals surface area contributed by atoms with Crippen molar-refractivity contribution in [3.05, 3.63) is 17.0 Å². The number of nitrogens with one attached hydrogen (secondary N) is 2. The van der Waals surface area contributed by atoms with E-state index in [1.165, 1.54) is 5.56 Å². The lowest BCUT2D eigenvalue weighted by molar-refractivity contribution is 0.377. The molecule has 0 aliphatic rings. The molecule has 21 heavy (non-hydrogen) atoms. The molecule has 0 atom stereocenters. The van der Waals surface area contributed by atoms with E-state index in [1.807, 2.05) is 0 Å². The van der Waals surface area contributed by atoms with Crippen LogP contribution in [0.25, 0.3) is 0 Å². The van der Waals surface area contributed by atoms with Crippen LogP contribution in [-0.2, 0) is 19.4 Å². The maximum Gasteiger partial charge on any atom is 0.191 e. The summed E-state index contributed by atoms with van der Waals surface area (Å²) in [4.78, 5) is 4.26. The second-order valence-electron chi connectivity index (χ2n) is 6.40. The first kappa shape index (κ1) is 17.5. The van der Waals surface area contributed by atoms with Crippen LogP contribution in [-0.4, -0.2) is 24.7 Å². The molecule has 1 aromatic rings. The summed E-state index contributed by atoms with van der Waals surface area (Å²) in [5, 5.41) is 10.8. The van der Waals surface area contributed by atoms with Crippen LogP contribution in [0.15, 0.2) is 9.52 Å². The summed E-state index contributed by atoms with van der Waals surface area (Å²) in [6, 6.07) is 0. The largest absolute Gasteiger partial charge is 0.361 e. The Morgan fingerprint density at radius 2 is 1.90 bits per heavy atom. The second-order valence-corrected chi connectivity index (χ2v) is 6.40. The molecular weight excluding hydrogens is 264 g/mol. The Hall–Kier alpha value is -1.52. The molecule has 2 N–H and O–H groups in total. The summed E-state index contributed by atoms with van der Waals surface area (Å²) < 4.78 is 5.38. The van der Waals surface area contributed by atoms with Crippen LogP contribution in [0.4, 0.5) is 0 Å². The van der Waals surface area contributed by atoms with Crippen molar-refractivity contribution < 1.29 is 4.52 Å². The zero-order valence-electron chi connectivity index (χ0n) is 14.3. The fraction of sp³-hybridized carbons (Fsp3) is 0.750. The first-order chi connectivity index (χ1) is 9.91. The molecule has 1 heterocycles. The minimum absolute atomic E-state index is 0.324. The van der Waals surface area contributed by atoms with E-state index >= 15 is 0 Å². The third-order valence-electron chi connectivity index (χ3n) is 3.43. The summed E-state index contributed by atoms with van der Waals surface area (Å²) in [5.41, 5.74) is 2.52. The van der Waals surface area contributed by atoms with Gasteiger partial charge in [-0.25, -0.2) is 0 Å². The van der Waals surface area contributed by atoms with Gasteiger partial charge in [0.1, 0.15) is 5.76 Å². The highest BCUT2D eigenvalue weighted by atomic mass is 16.5. The highest BCUT2D eigenvalue weighted by Crippen LogP contribution is 2.17. The van der Waals surface area contributed by atoms with Gasteiger partial charge < -0.3 is 15.2 Å². The van der Waals surface area contributed by atoms with Crippen molar-refractivity contribution in [1.82, 2.24) is 15.8 Å². The molecule has 0 spiro atoms. The predicted octanol–water partition coefficient (Wildman–Crippen LogP) is 2.90. The van der Waals surface area contributed by atoms with Crippen molar-refractivity contribution in [1.29, 1.82) is 0 Å². The van der Waals surface area contributed by atoms with E-state index in [9.17, 15) is 0 Å². The van der Waals surface area contributed by atoms with E-state index in [1.54, 1.807) is 7.05 Å². The van der Waals surface area contributed by atoms with E-state index in [2.05, 4.69) is 55.4 Å².